The molecular formula is C18H22N2O4. The van der Waals surface area contributed by atoms with E-state index >= 15 is 0 Å². The van der Waals surface area contributed by atoms with Crippen LogP contribution in [0.25, 0.3) is 0 Å². The molecule has 0 radical (unpaired) electrons. The van der Waals surface area contributed by atoms with Gasteiger partial charge < -0.3 is 19.6 Å². The largest absolute Gasteiger partial charge is 0.504 e. The van der Waals surface area contributed by atoms with Crippen LogP contribution in [0, 0.1) is 5.92 Å². The van der Waals surface area contributed by atoms with Crippen molar-refractivity contribution in [1.82, 2.24) is 10.2 Å². The van der Waals surface area contributed by atoms with E-state index in [2.05, 4.69) is 10.2 Å². The number of phenolic OH excluding ortho intramolecular Hbond substituents is 1. The number of hydrogen-bond donors (Lipinski definition) is 2. The lowest BCUT2D eigenvalue weighted by atomic mass is 10.1. The first-order valence-electron chi connectivity index (χ1n) is 8.05. The smallest absolute Gasteiger partial charge is 0.251 e. The first-order chi connectivity index (χ1) is 11.7. The molecule has 0 saturated carbocycles. The summed E-state index contributed by atoms with van der Waals surface area (Å²) < 4.78 is 10.4. The molecule has 3 rings (SSSR count). The monoisotopic (exact) mass is 330 g/mol. The summed E-state index contributed by atoms with van der Waals surface area (Å²) >= 11 is 0. The molecule has 1 aromatic carbocycles. The van der Waals surface area contributed by atoms with Gasteiger partial charge in [-0.3, -0.25) is 9.69 Å². The maximum absolute atomic E-state index is 12.2. The highest BCUT2D eigenvalue weighted by molar-refractivity contribution is 5.94. The van der Waals surface area contributed by atoms with Crippen molar-refractivity contribution in [2.24, 2.45) is 5.92 Å². The minimum atomic E-state index is -0.155. The van der Waals surface area contributed by atoms with Crippen LogP contribution in [0.2, 0.25) is 0 Å². The number of ether oxygens (including phenoxy) is 1. The highest BCUT2D eigenvalue weighted by Crippen LogP contribution is 2.26. The maximum Gasteiger partial charge on any atom is 0.251 e. The average Bonchev–Trinajstić information content (AvgIpc) is 3.25. The SMILES string of the molecule is COc1cc(C(=O)NCC2CCN(Cc3ccco3)C2)ccc1O. The molecule has 24 heavy (non-hydrogen) atoms. The van der Waals surface area contributed by atoms with Gasteiger partial charge in [0.15, 0.2) is 11.5 Å². The van der Waals surface area contributed by atoms with Gasteiger partial charge in [-0.05, 0) is 49.2 Å². The fourth-order valence-electron chi connectivity index (χ4n) is 3.00. The third-order valence-corrected chi connectivity index (χ3v) is 4.32. The minimum Gasteiger partial charge on any atom is -0.504 e. The Labute approximate surface area is 141 Å². The number of benzene rings is 1. The zero-order valence-corrected chi connectivity index (χ0v) is 13.7. The Balaban J connectivity index is 1.48. The van der Waals surface area contributed by atoms with Gasteiger partial charge in [0.2, 0.25) is 0 Å². The third kappa shape index (κ3) is 3.89. The molecule has 1 fully saturated rings. The lowest BCUT2D eigenvalue weighted by Crippen LogP contribution is -2.30. The van der Waals surface area contributed by atoms with Crippen LogP contribution >= 0.6 is 0 Å². The molecule has 1 amide bonds. The molecule has 6 heteroatoms. The van der Waals surface area contributed by atoms with Gasteiger partial charge in [-0.2, -0.15) is 0 Å². The molecule has 1 aliphatic rings. The highest BCUT2D eigenvalue weighted by atomic mass is 16.5. The Bertz CT molecular complexity index is 684. The molecule has 2 heterocycles. The number of aromatic hydroxyl groups is 1. The number of nitrogens with zero attached hydrogens (tertiary/aromatic N) is 1. The van der Waals surface area contributed by atoms with Crippen LogP contribution < -0.4 is 10.1 Å². The van der Waals surface area contributed by atoms with Crippen molar-refractivity contribution in [2.45, 2.75) is 13.0 Å². The molecule has 1 aromatic heterocycles. The van der Waals surface area contributed by atoms with Crippen molar-refractivity contribution in [3.05, 3.63) is 47.9 Å². The van der Waals surface area contributed by atoms with E-state index < -0.39 is 0 Å². The molecule has 128 valence electrons. The van der Waals surface area contributed by atoms with E-state index in [1.54, 1.807) is 18.4 Å². The predicted molar refractivity (Wildman–Crippen MR) is 89.1 cm³/mol. The molecule has 1 aliphatic heterocycles. The number of furan rings is 1. The topological polar surface area (TPSA) is 74.9 Å². The summed E-state index contributed by atoms with van der Waals surface area (Å²) in [6, 6.07) is 8.48. The van der Waals surface area contributed by atoms with Gasteiger partial charge in [0.25, 0.3) is 5.91 Å². The molecular weight excluding hydrogens is 308 g/mol. The maximum atomic E-state index is 12.2. The van der Waals surface area contributed by atoms with Crippen LogP contribution in [0.4, 0.5) is 0 Å². The summed E-state index contributed by atoms with van der Waals surface area (Å²) in [5.41, 5.74) is 0.482. The Hall–Kier alpha value is -2.47. The van der Waals surface area contributed by atoms with Gasteiger partial charge in [-0.15, -0.1) is 0 Å². The van der Waals surface area contributed by atoms with E-state index in [1.807, 2.05) is 12.1 Å². The van der Waals surface area contributed by atoms with E-state index in [-0.39, 0.29) is 11.7 Å². The Morgan fingerprint density at radius 3 is 3.08 bits per heavy atom. The van der Waals surface area contributed by atoms with Gasteiger partial charge in [0, 0.05) is 18.7 Å². The van der Waals surface area contributed by atoms with Gasteiger partial charge in [0.1, 0.15) is 5.76 Å². The summed E-state index contributed by atoms with van der Waals surface area (Å²) in [6.45, 7) is 3.40. The third-order valence-electron chi connectivity index (χ3n) is 4.32. The van der Waals surface area contributed by atoms with Crippen LogP contribution in [0.5, 0.6) is 11.5 Å². The number of carbonyl (C=O) groups is 1. The summed E-state index contributed by atoms with van der Waals surface area (Å²) in [7, 11) is 1.46. The number of likely N-dealkylation sites (tertiary alicyclic amines) is 1. The van der Waals surface area contributed by atoms with Crippen molar-refractivity contribution in [1.29, 1.82) is 0 Å². The van der Waals surface area contributed by atoms with Crippen molar-refractivity contribution in [2.75, 3.05) is 26.7 Å². The lowest BCUT2D eigenvalue weighted by Gasteiger charge is -2.15. The molecule has 1 saturated heterocycles. The Morgan fingerprint density at radius 1 is 1.46 bits per heavy atom. The second-order valence-electron chi connectivity index (χ2n) is 6.07. The Morgan fingerprint density at radius 2 is 2.33 bits per heavy atom. The Kier molecular flexibility index (Phi) is 5.05. The molecule has 2 aromatic rings. The minimum absolute atomic E-state index is 0.0263. The van der Waals surface area contributed by atoms with Gasteiger partial charge in [-0.1, -0.05) is 0 Å². The zero-order chi connectivity index (χ0) is 16.9. The van der Waals surface area contributed by atoms with Gasteiger partial charge in [0.05, 0.1) is 19.9 Å². The number of nitrogens with one attached hydrogen (secondary N) is 1. The van der Waals surface area contributed by atoms with E-state index in [1.165, 1.54) is 13.2 Å². The van der Waals surface area contributed by atoms with Crippen LogP contribution in [-0.4, -0.2) is 42.7 Å². The van der Waals surface area contributed by atoms with Crippen molar-refractivity contribution < 1.29 is 19.1 Å². The van der Waals surface area contributed by atoms with Crippen LogP contribution in [0.3, 0.4) is 0 Å². The molecule has 1 unspecified atom stereocenters. The van der Waals surface area contributed by atoms with Crippen LogP contribution in [0.15, 0.2) is 41.0 Å². The van der Waals surface area contributed by atoms with E-state index in [9.17, 15) is 9.90 Å². The second-order valence-corrected chi connectivity index (χ2v) is 6.07. The van der Waals surface area contributed by atoms with Gasteiger partial charge >= 0.3 is 0 Å². The van der Waals surface area contributed by atoms with Crippen LogP contribution in [-0.2, 0) is 6.54 Å². The number of methoxy groups -OCH3 is 1. The predicted octanol–water partition coefficient (Wildman–Crippen LogP) is 2.25. The number of amides is 1. The number of hydrogen-bond acceptors (Lipinski definition) is 5. The summed E-state index contributed by atoms with van der Waals surface area (Å²) in [5.74, 6) is 1.57. The number of phenols is 1. The zero-order valence-electron chi connectivity index (χ0n) is 13.7. The van der Waals surface area contributed by atoms with Crippen molar-refractivity contribution in [3.8, 4) is 11.5 Å². The van der Waals surface area contributed by atoms with Gasteiger partial charge in [-0.25, -0.2) is 0 Å². The molecule has 2 N–H and O–H groups in total. The standard InChI is InChI=1S/C18H22N2O4/c1-23-17-9-14(4-5-16(17)21)18(22)19-10-13-6-7-20(11-13)12-15-3-2-8-24-15/h2-5,8-9,13,21H,6-7,10-12H2,1H3,(H,19,22). The normalized spacial score (nSPS) is 17.8. The number of carbonyl (C=O) groups excluding carboxylic acids is 1. The first kappa shape index (κ1) is 16.4. The van der Waals surface area contributed by atoms with Crippen LogP contribution in [0.1, 0.15) is 22.5 Å². The molecule has 0 aliphatic carbocycles. The summed E-state index contributed by atoms with van der Waals surface area (Å²) in [5, 5.41) is 12.5. The van der Waals surface area contributed by atoms with Crippen molar-refractivity contribution >= 4 is 5.91 Å². The summed E-state index contributed by atoms with van der Waals surface area (Å²) in [6.07, 6.45) is 2.74. The molecule has 0 bridgehead atoms. The highest BCUT2D eigenvalue weighted by Gasteiger charge is 2.23. The molecule has 0 spiro atoms. The number of rotatable bonds is 6. The molecule has 1 atom stereocenters. The van der Waals surface area contributed by atoms with E-state index in [0.29, 0.717) is 23.8 Å². The fraction of sp³-hybridized carbons (Fsp3) is 0.389. The lowest BCUT2D eigenvalue weighted by molar-refractivity contribution is 0.0947. The fourth-order valence-corrected chi connectivity index (χ4v) is 3.00. The van der Waals surface area contributed by atoms with E-state index in [4.69, 9.17) is 9.15 Å². The summed E-state index contributed by atoms with van der Waals surface area (Å²) in [4.78, 5) is 14.6. The second kappa shape index (κ2) is 7.40. The van der Waals surface area contributed by atoms with Crippen molar-refractivity contribution in [3.63, 3.8) is 0 Å². The van der Waals surface area contributed by atoms with E-state index in [0.717, 1.165) is 31.8 Å². The quantitative estimate of drug-likeness (QED) is 0.850. The first-order valence-corrected chi connectivity index (χ1v) is 8.05. The molecule has 6 nitrogen and oxygen atoms in total. The average molecular weight is 330 g/mol.